The van der Waals surface area contributed by atoms with Crippen molar-refractivity contribution in [3.8, 4) is 0 Å². The molecule has 0 atom stereocenters. The van der Waals surface area contributed by atoms with Crippen LogP contribution in [-0.2, 0) is 0 Å². The van der Waals surface area contributed by atoms with Crippen LogP contribution in [0.2, 0.25) is 0 Å². The second kappa shape index (κ2) is 6.04. The minimum Gasteiger partial charge on any atom is -0.143 e. The zero-order valence-corrected chi connectivity index (χ0v) is 11.7. The molecule has 0 N–H and O–H groups in total. The molecule has 0 aromatic heterocycles. The minimum absolute atomic E-state index is 0.530. The molecule has 0 saturated carbocycles. The van der Waals surface area contributed by atoms with Gasteiger partial charge in [0.2, 0.25) is 0 Å². The maximum atomic E-state index is 6.33. The van der Waals surface area contributed by atoms with E-state index in [0.29, 0.717) is 4.58 Å². The van der Waals surface area contributed by atoms with E-state index in [0.717, 1.165) is 10.6 Å². The van der Waals surface area contributed by atoms with Crippen LogP contribution in [0, 0.1) is 6.92 Å². The number of thioether (sulfide) groups is 2. The van der Waals surface area contributed by atoms with Crippen LogP contribution in [0.25, 0.3) is 5.03 Å². The van der Waals surface area contributed by atoms with Crippen LogP contribution in [-0.4, -0.2) is 16.1 Å². The summed E-state index contributed by atoms with van der Waals surface area (Å²) in [5.41, 5.74) is 2.40. The van der Waals surface area contributed by atoms with Gasteiger partial charge in [-0.25, -0.2) is 0 Å². The molecular formula is C13H15ClS2. The lowest BCUT2D eigenvalue weighted by molar-refractivity contribution is 1.11. The summed E-state index contributed by atoms with van der Waals surface area (Å²) in [7, 11) is 0. The van der Waals surface area contributed by atoms with Gasteiger partial charge in [0.25, 0.3) is 0 Å². The minimum atomic E-state index is 0.530. The number of hydrogen-bond acceptors (Lipinski definition) is 2. The zero-order chi connectivity index (χ0) is 11.4. The molecule has 1 aromatic rings. The van der Waals surface area contributed by atoms with Gasteiger partial charge in [0.1, 0.15) is 0 Å². The first-order valence-corrected chi connectivity index (χ1v) is 7.91. The molecule has 0 spiro atoms. The highest BCUT2D eigenvalue weighted by molar-refractivity contribution is 8.17. The number of halogens is 1. The van der Waals surface area contributed by atoms with Crippen molar-refractivity contribution in [1.29, 1.82) is 0 Å². The third kappa shape index (κ3) is 3.47. The maximum Gasteiger partial charge on any atom is 0.0699 e. The zero-order valence-electron chi connectivity index (χ0n) is 9.28. The van der Waals surface area contributed by atoms with E-state index < -0.39 is 0 Å². The van der Waals surface area contributed by atoms with Crippen molar-refractivity contribution in [2.24, 2.45) is 0 Å². The summed E-state index contributed by atoms with van der Waals surface area (Å²) in [4.78, 5) is 0. The van der Waals surface area contributed by atoms with Crippen LogP contribution in [0.15, 0.2) is 30.3 Å². The van der Waals surface area contributed by atoms with Crippen LogP contribution in [0.5, 0.6) is 0 Å². The Hall–Kier alpha value is -0.0500. The lowest BCUT2D eigenvalue weighted by atomic mass is 10.1. The van der Waals surface area contributed by atoms with Crippen molar-refractivity contribution in [3.63, 3.8) is 0 Å². The van der Waals surface area contributed by atoms with E-state index in [1.54, 1.807) is 0 Å². The molecule has 1 aromatic carbocycles. The Labute approximate surface area is 111 Å². The van der Waals surface area contributed by atoms with Gasteiger partial charge in [-0.3, -0.25) is 0 Å². The molecule has 1 heterocycles. The highest BCUT2D eigenvalue weighted by Crippen LogP contribution is 2.34. The molecule has 1 saturated heterocycles. The van der Waals surface area contributed by atoms with E-state index >= 15 is 0 Å². The van der Waals surface area contributed by atoms with Crippen molar-refractivity contribution in [1.82, 2.24) is 0 Å². The van der Waals surface area contributed by atoms with Gasteiger partial charge in [-0.1, -0.05) is 41.4 Å². The van der Waals surface area contributed by atoms with Gasteiger partial charge in [-0.15, -0.1) is 23.5 Å². The van der Waals surface area contributed by atoms with Gasteiger partial charge in [0.05, 0.1) is 4.58 Å². The average Bonchev–Trinajstić information content (AvgIpc) is 2.31. The molecule has 86 valence electrons. The van der Waals surface area contributed by atoms with Crippen LogP contribution in [0.4, 0.5) is 0 Å². The maximum absolute atomic E-state index is 6.33. The highest BCUT2D eigenvalue weighted by Gasteiger charge is 2.12. The summed E-state index contributed by atoms with van der Waals surface area (Å²) in [5.74, 6) is 2.51. The smallest absolute Gasteiger partial charge is 0.0699 e. The number of hydrogen-bond donors (Lipinski definition) is 0. The Bertz CT molecular complexity index is 364. The molecule has 2 rings (SSSR count). The second-order valence-corrected chi connectivity index (χ2v) is 7.05. The summed E-state index contributed by atoms with van der Waals surface area (Å²) in [6.45, 7) is 2.09. The fourth-order valence-corrected chi connectivity index (χ4v) is 4.63. The van der Waals surface area contributed by atoms with Crippen LogP contribution in [0.1, 0.15) is 17.5 Å². The first-order chi connectivity index (χ1) is 7.75. The Balaban J connectivity index is 2.07. The molecule has 1 fully saturated rings. The molecule has 0 amide bonds. The van der Waals surface area contributed by atoms with E-state index in [4.69, 9.17) is 11.6 Å². The van der Waals surface area contributed by atoms with Gasteiger partial charge in [-0.05, 0) is 36.5 Å². The summed E-state index contributed by atoms with van der Waals surface area (Å²) in [5, 5.41) is 0.881. The Morgan fingerprint density at radius 2 is 1.88 bits per heavy atom. The SMILES string of the molecule is Cc1ccc(C(Cl)=CC2SCCCS2)cc1. The molecule has 16 heavy (non-hydrogen) atoms. The van der Waals surface area contributed by atoms with Crippen molar-refractivity contribution < 1.29 is 0 Å². The monoisotopic (exact) mass is 270 g/mol. The van der Waals surface area contributed by atoms with Gasteiger partial charge in [0, 0.05) is 5.03 Å². The molecule has 0 unspecified atom stereocenters. The first-order valence-electron chi connectivity index (χ1n) is 5.43. The molecule has 0 nitrogen and oxygen atoms in total. The Morgan fingerprint density at radius 1 is 1.25 bits per heavy atom. The van der Waals surface area contributed by atoms with Crippen LogP contribution in [0.3, 0.4) is 0 Å². The molecule has 3 heteroatoms. The van der Waals surface area contributed by atoms with E-state index in [1.165, 1.54) is 23.5 Å². The van der Waals surface area contributed by atoms with Gasteiger partial charge >= 0.3 is 0 Å². The molecule has 0 bridgehead atoms. The Kier molecular flexibility index (Phi) is 4.68. The van der Waals surface area contributed by atoms with Crippen LogP contribution >= 0.6 is 35.1 Å². The molecule has 0 radical (unpaired) electrons. The van der Waals surface area contributed by atoms with E-state index in [-0.39, 0.29) is 0 Å². The lowest BCUT2D eigenvalue weighted by Crippen LogP contribution is -2.03. The first kappa shape index (κ1) is 12.4. The standard InChI is InChI=1S/C13H15ClS2/c1-10-3-5-11(6-4-10)12(14)9-13-15-7-2-8-16-13/h3-6,9,13H,2,7-8H2,1H3. The average molecular weight is 271 g/mol. The van der Waals surface area contributed by atoms with Crippen molar-refractivity contribution >= 4 is 40.2 Å². The molecular weight excluding hydrogens is 256 g/mol. The van der Waals surface area contributed by atoms with E-state index in [1.807, 2.05) is 23.5 Å². The molecule has 1 aliphatic rings. The third-order valence-corrected chi connectivity index (χ3v) is 5.60. The van der Waals surface area contributed by atoms with Gasteiger partial charge < -0.3 is 0 Å². The predicted octanol–water partition coefficient (Wildman–Crippen LogP) is 4.77. The van der Waals surface area contributed by atoms with Gasteiger partial charge in [0.15, 0.2) is 0 Å². The fraction of sp³-hybridized carbons (Fsp3) is 0.385. The number of benzene rings is 1. The Morgan fingerprint density at radius 3 is 2.50 bits per heavy atom. The van der Waals surface area contributed by atoms with Gasteiger partial charge in [-0.2, -0.15) is 0 Å². The lowest BCUT2D eigenvalue weighted by Gasteiger charge is -2.17. The predicted molar refractivity (Wildman–Crippen MR) is 78.3 cm³/mol. The molecule has 0 aliphatic carbocycles. The van der Waals surface area contributed by atoms with Crippen molar-refractivity contribution in [2.75, 3.05) is 11.5 Å². The van der Waals surface area contributed by atoms with Crippen LogP contribution < -0.4 is 0 Å². The van der Waals surface area contributed by atoms with Crippen molar-refractivity contribution in [3.05, 3.63) is 41.5 Å². The normalized spacial score (nSPS) is 18.8. The quantitative estimate of drug-likeness (QED) is 0.759. The summed E-state index contributed by atoms with van der Waals surface area (Å²) in [6.07, 6.45) is 3.50. The van der Waals surface area contributed by atoms with E-state index in [9.17, 15) is 0 Å². The third-order valence-electron chi connectivity index (χ3n) is 2.46. The topological polar surface area (TPSA) is 0 Å². The summed E-state index contributed by atoms with van der Waals surface area (Å²) < 4.78 is 0.530. The fourth-order valence-electron chi connectivity index (χ4n) is 1.53. The second-order valence-electron chi connectivity index (χ2n) is 3.84. The summed E-state index contributed by atoms with van der Waals surface area (Å²) in [6, 6.07) is 8.39. The van der Waals surface area contributed by atoms with Crippen molar-refractivity contribution in [2.45, 2.75) is 17.9 Å². The van der Waals surface area contributed by atoms with E-state index in [2.05, 4.69) is 37.3 Å². The number of rotatable bonds is 2. The molecule has 1 aliphatic heterocycles. The number of aryl methyl sites for hydroxylation is 1. The largest absolute Gasteiger partial charge is 0.143 e. The highest BCUT2D eigenvalue weighted by atomic mass is 35.5. The summed E-state index contributed by atoms with van der Waals surface area (Å²) >= 11 is 10.3.